The van der Waals surface area contributed by atoms with Crippen LogP contribution in [0, 0.1) is 0 Å². The molecule has 0 bridgehead atoms. The molecule has 0 radical (unpaired) electrons. The van der Waals surface area contributed by atoms with Crippen molar-refractivity contribution in [3.8, 4) is 5.75 Å². The molecule has 0 aliphatic rings. The van der Waals surface area contributed by atoms with E-state index in [1.165, 1.54) is 12.1 Å². The summed E-state index contributed by atoms with van der Waals surface area (Å²) in [6.07, 6.45) is -4.66. The zero-order chi connectivity index (χ0) is 14.6. The monoisotopic (exact) mass is 275 g/mol. The second kappa shape index (κ2) is 6.28. The molecule has 0 saturated carbocycles. The van der Waals surface area contributed by atoms with Crippen LogP contribution in [0.3, 0.4) is 0 Å². The zero-order valence-electron chi connectivity index (χ0n) is 11.6. The number of ether oxygens (including phenoxy) is 1. The van der Waals surface area contributed by atoms with Crippen molar-refractivity contribution >= 4 is 0 Å². The molecule has 1 aromatic rings. The van der Waals surface area contributed by atoms with Crippen LogP contribution >= 0.6 is 0 Å². The number of benzene rings is 1. The van der Waals surface area contributed by atoms with E-state index in [0.717, 1.165) is 0 Å². The van der Waals surface area contributed by atoms with Crippen molar-refractivity contribution in [3.05, 3.63) is 29.8 Å². The standard InChI is InChI=1S/C14H20F3NO/c1-9(2)18-11(4)10(3)12-7-5-6-8-13(12)19-14(15,16)17/h5-11,18H,1-4H3. The maximum Gasteiger partial charge on any atom is 0.573 e. The van der Waals surface area contributed by atoms with Crippen LogP contribution in [0.25, 0.3) is 0 Å². The van der Waals surface area contributed by atoms with Crippen molar-refractivity contribution in [3.63, 3.8) is 0 Å². The molecule has 0 amide bonds. The summed E-state index contributed by atoms with van der Waals surface area (Å²) in [7, 11) is 0. The van der Waals surface area contributed by atoms with E-state index in [-0.39, 0.29) is 23.8 Å². The second-order valence-corrected chi connectivity index (χ2v) is 4.98. The largest absolute Gasteiger partial charge is 0.573 e. The highest BCUT2D eigenvalue weighted by Gasteiger charge is 2.33. The first-order chi connectivity index (χ1) is 8.70. The Labute approximate surface area is 112 Å². The van der Waals surface area contributed by atoms with Gasteiger partial charge in [0.2, 0.25) is 0 Å². The molecule has 0 fully saturated rings. The summed E-state index contributed by atoms with van der Waals surface area (Å²) in [4.78, 5) is 0. The molecule has 1 aromatic carbocycles. The van der Waals surface area contributed by atoms with Gasteiger partial charge in [0.1, 0.15) is 5.75 Å². The number of hydrogen-bond acceptors (Lipinski definition) is 2. The topological polar surface area (TPSA) is 21.3 Å². The van der Waals surface area contributed by atoms with Gasteiger partial charge in [0, 0.05) is 12.1 Å². The van der Waals surface area contributed by atoms with Gasteiger partial charge in [-0.2, -0.15) is 0 Å². The molecule has 5 heteroatoms. The van der Waals surface area contributed by atoms with Crippen molar-refractivity contribution in [1.29, 1.82) is 0 Å². The predicted octanol–water partition coefficient (Wildman–Crippen LogP) is 4.08. The number of hydrogen-bond donors (Lipinski definition) is 1. The Hall–Kier alpha value is -1.23. The normalized spacial score (nSPS) is 15.4. The lowest BCUT2D eigenvalue weighted by atomic mass is 9.93. The van der Waals surface area contributed by atoms with Crippen LogP contribution in [-0.4, -0.2) is 18.4 Å². The summed E-state index contributed by atoms with van der Waals surface area (Å²) in [5, 5.41) is 3.29. The molecule has 0 heterocycles. The van der Waals surface area contributed by atoms with E-state index in [0.29, 0.717) is 5.56 Å². The van der Waals surface area contributed by atoms with Gasteiger partial charge in [-0.1, -0.05) is 39.0 Å². The maximum atomic E-state index is 12.4. The highest BCUT2D eigenvalue weighted by molar-refractivity contribution is 5.36. The molecule has 108 valence electrons. The lowest BCUT2D eigenvalue weighted by molar-refractivity contribution is -0.275. The summed E-state index contributed by atoms with van der Waals surface area (Å²) in [6.45, 7) is 7.84. The van der Waals surface area contributed by atoms with Gasteiger partial charge in [0.15, 0.2) is 0 Å². The first-order valence-electron chi connectivity index (χ1n) is 6.31. The molecule has 2 atom stereocenters. The van der Waals surface area contributed by atoms with Crippen LogP contribution in [-0.2, 0) is 0 Å². The Kier molecular flexibility index (Phi) is 5.23. The zero-order valence-corrected chi connectivity index (χ0v) is 11.6. The Balaban J connectivity index is 2.93. The van der Waals surface area contributed by atoms with Crippen molar-refractivity contribution in [2.45, 2.75) is 52.1 Å². The Bertz CT molecular complexity index is 404. The van der Waals surface area contributed by atoms with E-state index in [1.54, 1.807) is 12.1 Å². The number of para-hydroxylation sites is 1. The van der Waals surface area contributed by atoms with Crippen molar-refractivity contribution in [1.82, 2.24) is 5.32 Å². The smallest absolute Gasteiger partial charge is 0.405 e. The number of alkyl halides is 3. The highest BCUT2D eigenvalue weighted by atomic mass is 19.4. The molecular weight excluding hydrogens is 255 g/mol. The summed E-state index contributed by atoms with van der Waals surface area (Å²) in [6, 6.07) is 6.60. The molecular formula is C14H20F3NO. The van der Waals surface area contributed by atoms with Crippen LogP contribution in [0.2, 0.25) is 0 Å². The fourth-order valence-electron chi connectivity index (χ4n) is 2.01. The van der Waals surface area contributed by atoms with Gasteiger partial charge < -0.3 is 10.1 Å². The van der Waals surface area contributed by atoms with Crippen molar-refractivity contribution in [2.75, 3.05) is 0 Å². The van der Waals surface area contributed by atoms with E-state index < -0.39 is 6.36 Å². The van der Waals surface area contributed by atoms with E-state index in [9.17, 15) is 13.2 Å². The fourth-order valence-corrected chi connectivity index (χ4v) is 2.01. The van der Waals surface area contributed by atoms with Gasteiger partial charge in [-0.15, -0.1) is 13.2 Å². The van der Waals surface area contributed by atoms with Gasteiger partial charge in [-0.25, -0.2) is 0 Å². The molecule has 0 aliphatic carbocycles. The fraction of sp³-hybridized carbons (Fsp3) is 0.571. The molecule has 0 aromatic heterocycles. The van der Waals surface area contributed by atoms with Crippen LogP contribution in [0.4, 0.5) is 13.2 Å². The Morgan fingerprint density at radius 3 is 2.16 bits per heavy atom. The molecule has 2 nitrogen and oxygen atoms in total. The van der Waals surface area contributed by atoms with Crippen LogP contribution in [0.5, 0.6) is 5.75 Å². The van der Waals surface area contributed by atoms with Crippen molar-refractivity contribution < 1.29 is 17.9 Å². The minimum atomic E-state index is -4.66. The third-order valence-corrected chi connectivity index (χ3v) is 2.98. The average molecular weight is 275 g/mol. The number of rotatable bonds is 5. The van der Waals surface area contributed by atoms with E-state index >= 15 is 0 Å². The van der Waals surface area contributed by atoms with E-state index in [2.05, 4.69) is 10.1 Å². The van der Waals surface area contributed by atoms with Crippen molar-refractivity contribution in [2.24, 2.45) is 0 Å². The molecule has 1 N–H and O–H groups in total. The Morgan fingerprint density at radius 2 is 1.63 bits per heavy atom. The third kappa shape index (κ3) is 5.11. The number of nitrogens with one attached hydrogen (secondary N) is 1. The lowest BCUT2D eigenvalue weighted by Crippen LogP contribution is -2.36. The lowest BCUT2D eigenvalue weighted by Gasteiger charge is -2.25. The quantitative estimate of drug-likeness (QED) is 0.874. The molecule has 19 heavy (non-hydrogen) atoms. The first kappa shape index (κ1) is 15.8. The molecule has 2 unspecified atom stereocenters. The second-order valence-electron chi connectivity index (χ2n) is 4.98. The average Bonchev–Trinajstić information content (AvgIpc) is 2.25. The van der Waals surface area contributed by atoms with E-state index in [4.69, 9.17) is 0 Å². The van der Waals surface area contributed by atoms with Gasteiger partial charge in [0.05, 0.1) is 0 Å². The van der Waals surface area contributed by atoms with Gasteiger partial charge >= 0.3 is 6.36 Å². The Morgan fingerprint density at radius 1 is 1.05 bits per heavy atom. The summed E-state index contributed by atoms with van der Waals surface area (Å²) in [5.74, 6) is -0.208. The third-order valence-electron chi connectivity index (χ3n) is 2.98. The molecule has 0 aliphatic heterocycles. The SMILES string of the molecule is CC(C)NC(C)C(C)c1ccccc1OC(F)(F)F. The summed E-state index contributed by atoms with van der Waals surface area (Å²) >= 11 is 0. The summed E-state index contributed by atoms with van der Waals surface area (Å²) in [5.41, 5.74) is 0.556. The first-order valence-corrected chi connectivity index (χ1v) is 6.31. The van der Waals surface area contributed by atoms with Gasteiger partial charge in [-0.3, -0.25) is 0 Å². The minimum Gasteiger partial charge on any atom is -0.405 e. The number of halogens is 3. The summed E-state index contributed by atoms with van der Waals surface area (Å²) < 4.78 is 41.2. The van der Waals surface area contributed by atoms with Crippen LogP contribution in [0.1, 0.15) is 39.2 Å². The minimum absolute atomic E-state index is 0.0537. The maximum absolute atomic E-state index is 12.4. The van der Waals surface area contributed by atoms with E-state index in [1.807, 2.05) is 27.7 Å². The van der Waals surface area contributed by atoms with Crippen LogP contribution in [0.15, 0.2) is 24.3 Å². The highest BCUT2D eigenvalue weighted by Crippen LogP contribution is 2.32. The predicted molar refractivity (Wildman–Crippen MR) is 69.3 cm³/mol. The molecule has 0 saturated heterocycles. The van der Waals surface area contributed by atoms with Gasteiger partial charge in [-0.05, 0) is 24.5 Å². The molecule has 0 spiro atoms. The van der Waals surface area contributed by atoms with Gasteiger partial charge in [0.25, 0.3) is 0 Å². The van der Waals surface area contributed by atoms with Crippen LogP contribution < -0.4 is 10.1 Å². The molecule has 1 rings (SSSR count).